The minimum Gasteiger partial charge on any atom is -0.438 e. The van der Waals surface area contributed by atoms with E-state index in [1.165, 1.54) is 6.08 Å². The Morgan fingerprint density at radius 2 is 1.89 bits per heavy atom. The molecule has 3 aliphatic carbocycles. The number of aromatic nitrogens is 4. The van der Waals surface area contributed by atoms with Crippen molar-refractivity contribution in [1.29, 1.82) is 10.5 Å². The SMILES string of the molecule is Cc1cc(/C=C/C#N)cc(C)c1Oc1nc(NC23CC(C#N)(C2)C3)nc2c1[C@@H](C)N(c1cnn(C)c1)C2=O. The first kappa shape index (κ1) is 23.7. The fraction of sp³-hybridized carbons (Fsp3) is 0.357. The molecule has 3 fully saturated rings. The van der Waals surface area contributed by atoms with E-state index >= 15 is 0 Å². The number of amides is 1. The van der Waals surface area contributed by atoms with Crippen LogP contribution in [0, 0.1) is 41.9 Å². The van der Waals surface area contributed by atoms with E-state index < -0.39 is 0 Å². The molecule has 3 aromatic rings. The van der Waals surface area contributed by atoms with E-state index in [2.05, 4.69) is 21.5 Å². The van der Waals surface area contributed by atoms with Crippen LogP contribution in [0.4, 0.5) is 11.6 Å². The van der Waals surface area contributed by atoms with Gasteiger partial charge in [-0.25, -0.2) is 4.98 Å². The van der Waals surface area contributed by atoms with Crippen molar-refractivity contribution in [2.75, 3.05) is 10.2 Å². The van der Waals surface area contributed by atoms with E-state index in [9.17, 15) is 10.1 Å². The number of ether oxygens (including phenoxy) is 1. The summed E-state index contributed by atoms with van der Waals surface area (Å²) >= 11 is 0. The number of nitrogens with zero attached hydrogens (tertiary/aromatic N) is 7. The molecule has 2 bridgehead atoms. The van der Waals surface area contributed by atoms with Gasteiger partial charge in [0, 0.05) is 24.9 Å². The van der Waals surface area contributed by atoms with Gasteiger partial charge in [0.15, 0.2) is 0 Å². The van der Waals surface area contributed by atoms with E-state index in [4.69, 9.17) is 15.0 Å². The third kappa shape index (κ3) is 3.52. The molecular weight excluding hydrogens is 480 g/mol. The zero-order valence-corrected chi connectivity index (χ0v) is 21.6. The molecule has 3 saturated carbocycles. The van der Waals surface area contributed by atoms with Crippen LogP contribution in [0.1, 0.15) is 65.0 Å². The molecule has 2 aromatic heterocycles. The second kappa shape index (κ2) is 8.15. The average Bonchev–Trinajstić information content (AvgIpc) is 3.36. The molecule has 10 heteroatoms. The predicted octanol–water partition coefficient (Wildman–Crippen LogP) is 4.74. The summed E-state index contributed by atoms with van der Waals surface area (Å²) in [6, 6.07) is 7.93. The lowest BCUT2D eigenvalue weighted by Gasteiger charge is -2.66. The molecule has 0 unspecified atom stereocenters. The van der Waals surface area contributed by atoms with Crippen molar-refractivity contribution in [3.8, 4) is 23.8 Å². The monoisotopic (exact) mass is 506 g/mol. The van der Waals surface area contributed by atoms with Crippen LogP contribution in [0.3, 0.4) is 0 Å². The standard InChI is InChI=1S/C28H26N8O2/c1-16-8-19(6-5-7-29)9-17(2)23(16)38-24-21-18(3)36(20-10-31-35(4)11-20)25(37)22(21)32-26(33-24)34-28-12-27(13-28,14-28)15-30/h5-6,8-11,18H,12-14H2,1-4H3,(H,32,33,34)/b6-5+/t18-,27?,28?/m1/s1. The van der Waals surface area contributed by atoms with Crippen LogP contribution in [0.2, 0.25) is 0 Å². The Kier molecular flexibility index (Phi) is 5.08. The van der Waals surface area contributed by atoms with Crippen LogP contribution in [0.25, 0.3) is 6.08 Å². The minimum absolute atomic E-state index is 0.210. The summed E-state index contributed by atoms with van der Waals surface area (Å²) in [6.45, 7) is 5.80. The van der Waals surface area contributed by atoms with Gasteiger partial charge in [0.1, 0.15) is 11.4 Å². The van der Waals surface area contributed by atoms with Gasteiger partial charge >= 0.3 is 0 Å². The average molecular weight is 507 g/mol. The lowest BCUT2D eigenvalue weighted by molar-refractivity contribution is -0.0665. The Morgan fingerprint density at radius 1 is 1.18 bits per heavy atom. The Bertz CT molecular complexity index is 1580. The number of anilines is 2. The molecule has 1 aliphatic heterocycles. The molecule has 1 atom stereocenters. The molecule has 1 aromatic carbocycles. The number of benzene rings is 1. The predicted molar refractivity (Wildman–Crippen MR) is 139 cm³/mol. The van der Waals surface area contributed by atoms with Crippen molar-refractivity contribution < 1.29 is 9.53 Å². The highest BCUT2D eigenvalue weighted by Crippen LogP contribution is 2.67. The van der Waals surface area contributed by atoms with Gasteiger partial charge in [0.05, 0.1) is 41.0 Å². The smallest absolute Gasteiger partial charge is 0.278 e. The molecule has 38 heavy (non-hydrogen) atoms. The van der Waals surface area contributed by atoms with Gasteiger partial charge < -0.3 is 10.1 Å². The van der Waals surface area contributed by atoms with Crippen LogP contribution in [-0.2, 0) is 7.05 Å². The Labute approximate surface area is 220 Å². The van der Waals surface area contributed by atoms with Crippen molar-refractivity contribution >= 4 is 23.6 Å². The highest BCUT2D eigenvalue weighted by atomic mass is 16.5. The van der Waals surface area contributed by atoms with E-state index in [0.717, 1.165) is 36.0 Å². The van der Waals surface area contributed by atoms with Gasteiger partial charge in [0.25, 0.3) is 5.91 Å². The number of nitrogens with one attached hydrogen (secondary N) is 1. The summed E-state index contributed by atoms with van der Waals surface area (Å²) < 4.78 is 8.13. The van der Waals surface area contributed by atoms with Gasteiger partial charge in [-0.15, -0.1) is 0 Å². The first-order valence-electron chi connectivity index (χ1n) is 12.5. The fourth-order valence-corrected chi connectivity index (χ4v) is 6.16. The van der Waals surface area contributed by atoms with Crippen LogP contribution in [0.5, 0.6) is 11.6 Å². The van der Waals surface area contributed by atoms with E-state index in [1.807, 2.05) is 39.0 Å². The van der Waals surface area contributed by atoms with Crippen molar-refractivity contribution in [1.82, 2.24) is 19.7 Å². The summed E-state index contributed by atoms with van der Waals surface area (Å²) in [5.41, 5.74) is 3.77. The van der Waals surface area contributed by atoms with Crippen molar-refractivity contribution in [3.63, 3.8) is 0 Å². The molecule has 0 radical (unpaired) electrons. The number of nitriles is 2. The quantitative estimate of drug-likeness (QED) is 0.474. The summed E-state index contributed by atoms with van der Waals surface area (Å²) in [5, 5.41) is 25.9. The van der Waals surface area contributed by atoms with Gasteiger partial charge in [-0.3, -0.25) is 14.4 Å². The number of hydrogen-bond donors (Lipinski definition) is 1. The topological polar surface area (TPSA) is 133 Å². The number of allylic oxidation sites excluding steroid dienone is 1. The number of carbonyl (C=O) groups is 1. The normalized spacial score (nSPS) is 24.8. The molecule has 3 heterocycles. The zero-order chi connectivity index (χ0) is 26.8. The van der Waals surface area contributed by atoms with E-state index in [1.54, 1.807) is 35.1 Å². The Balaban J connectivity index is 1.41. The summed E-state index contributed by atoms with van der Waals surface area (Å²) in [5.74, 6) is 1.03. The van der Waals surface area contributed by atoms with Crippen molar-refractivity contribution in [2.24, 2.45) is 12.5 Å². The molecule has 4 aliphatic rings. The molecule has 1 amide bonds. The molecule has 0 spiro atoms. The highest BCUT2D eigenvalue weighted by Gasteiger charge is 2.69. The maximum Gasteiger partial charge on any atom is 0.278 e. The van der Waals surface area contributed by atoms with Gasteiger partial charge in [-0.05, 0) is 74.9 Å². The third-order valence-electron chi connectivity index (χ3n) is 7.78. The number of fused-ring (bicyclic) bond motifs is 1. The molecule has 10 nitrogen and oxygen atoms in total. The van der Waals surface area contributed by atoms with E-state index in [0.29, 0.717) is 34.5 Å². The van der Waals surface area contributed by atoms with Gasteiger partial charge in [-0.2, -0.15) is 20.6 Å². The van der Waals surface area contributed by atoms with Gasteiger partial charge in [0.2, 0.25) is 11.8 Å². The molecule has 190 valence electrons. The van der Waals surface area contributed by atoms with E-state index in [-0.39, 0.29) is 22.9 Å². The van der Waals surface area contributed by atoms with Crippen LogP contribution in [-0.4, -0.2) is 31.2 Å². The van der Waals surface area contributed by atoms with Crippen LogP contribution < -0.4 is 15.0 Å². The third-order valence-corrected chi connectivity index (χ3v) is 7.78. The Hall–Kier alpha value is -4.70. The Morgan fingerprint density at radius 3 is 2.50 bits per heavy atom. The van der Waals surface area contributed by atoms with Crippen LogP contribution >= 0.6 is 0 Å². The maximum absolute atomic E-state index is 13.6. The molecule has 7 rings (SSSR count). The second-order valence-electron chi connectivity index (χ2n) is 10.7. The molecule has 0 saturated heterocycles. The highest BCUT2D eigenvalue weighted by molar-refractivity contribution is 6.10. The minimum atomic E-state index is -0.374. The number of aryl methyl sites for hydroxylation is 3. The van der Waals surface area contributed by atoms with Crippen molar-refractivity contribution in [2.45, 2.75) is 51.6 Å². The maximum atomic E-state index is 13.6. The fourth-order valence-electron chi connectivity index (χ4n) is 6.16. The second-order valence-corrected chi connectivity index (χ2v) is 10.7. The molecular formula is C28H26N8O2. The molecule has 1 N–H and O–H groups in total. The summed E-state index contributed by atoms with van der Waals surface area (Å²) in [6.07, 6.45) is 8.86. The number of hydrogen-bond acceptors (Lipinski definition) is 8. The largest absolute Gasteiger partial charge is 0.438 e. The summed E-state index contributed by atoms with van der Waals surface area (Å²) in [4.78, 5) is 24.7. The first-order valence-corrected chi connectivity index (χ1v) is 12.5. The van der Waals surface area contributed by atoms with Crippen molar-refractivity contribution in [3.05, 3.63) is 58.6 Å². The van der Waals surface area contributed by atoms with Crippen LogP contribution in [0.15, 0.2) is 30.6 Å². The number of rotatable bonds is 6. The lowest BCUT2D eigenvalue weighted by Crippen LogP contribution is -2.70. The van der Waals surface area contributed by atoms with Gasteiger partial charge in [-0.1, -0.05) is 0 Å². The lowest BCUT2D eigenvalue weighted by atomic mass is 9.40. The first-order chi connectivity index (χ1) is 18.2. The number of carbonyl (C=O) groups excluding carboxylic acids is 1. The zero-order valence-electron chi connectivity index (χ0n) is 21.6. The summed E-state index contributed by atoms with van der Waals surface area (Å²) in [7, 11) is 1.80.